The zero-order valence-electron chi connectivity index (χ0n) is 9.35. The van der Waals surface area contributed by atoms with Crippen molar-refractivity contribution in [3.63, 3.8) is 0 Å². The minimum Gasteiger partial charge on any atom is -0.368 e. The largest absolute Gasteiger partial charge is 0.368 e. The molecule has 0 aliphatic heterocycles. The highest BCUT2D eigenvalue weighted by atomic mass is 16.1. The molecule has 0 unspecified atom stereocenters. The zero-order chi connectivity index (χ0) is 10.6. The fourth-order valence-corrected chi connectivity index (χ4v) is 1.20. The Morgan fingerprint density at radius 3 is 2.15 bits per heavy atom. The first-order valence-electron chi connectivity index (χ1n) is 4.85. The maximum absolute atomic E-state index is 11.1. The summed E-state index contributed by atoms with van der Waals surface area (Å²) in [7, 11) is 0. The lowest BCUT2D eigenvalue weighted by atomic mass is 9.95. The lowest BCUT2D eigenvalue weighted by Gasteiger charge is -2.30. The standard InChI is InChI=1S/C10H22N2O/c1-6-7(2)8(9(11)13)12-10(3,4)5/h7-8,12H,6H2,1-5H3,(H2,11,13)/t7-,8-/m0/s1. The summed E-state index contributed by atoms with van der Waals surface area (Å²) in [6.45, 7) is 10.2. The van der Waals surface area contributed by atoms with E-state index in [1.54, 1.807) is 0 Å². The van der Waals surface area contributed by atoms with E-state index in [1.165, 1.54) is 0 Å². The summed E-state index contributed by atoms with van der Waals surface area (Å²) in [6, 6.07) is -0.218. The van der Waals surface area contributed by atoms with Crippen molar-refractivity contribution < 1.29 is 4.79 Å². The Labute approximate surface area is 81.1 Å². The van der Waals surface area contributed by atoms with Gasteiger partial charge in [-0.15, -0.1) is 0 Å². The van der Waals surface area contributed by atoms with Crippen LogP contribution in [0.1, 0.15) is 41.0 Å². The third-order valence-electron chi connectivity index (χ3n) is 2.11. The van der Waals surface area contributed by atoms with E-state index < -0.39 is 0 Å². The summed E-state index contributed by atoms with van der Waals surface area (Å²) in [5, 5.41) is 3.23. The van der Waals surface area contributed by atoms with E-state index in [0.29, 0.717) is 0 Å². The second kappa shape index (κ2) is 4.61. The number of primary amides is 1. The number of carbonyl (C=O) groups is 1. The SMILES string of the molecule is CC[C@H](C)[C@H](NC(C)(C)C)C(N)=O. The lowest BCUT2D eigenvalue weighted by Crippen LogP contribution is -2.53. The monoisotopic (exact) mass is 186 g/mol. The van der Waals surface area contributed by atoms with E-state index in [0.717, 1.165) is 6.42 Å². The molecule has 78 valence electrons. The molecule has 3 N–H and O–H groups in total. The van der Waals surface area contributed by atoms with E-state index in [-0.39, 0.29) is 23.4 Å². The zero-order valence-corrected chi connectivity index (χ0v) is 9.35. The topological polar surface area (TPSA) is 55.1 Å². The molecule has 0 fully saturated rings. The van der Waals surface area contributed by atoms with Gasteiger partial charge in [0.2, 0.25) is 5.91 Å². The Balaban J connectivity index is 4.36. The maximum atomic E-state index is 11.1. The molecule has 0 spiro atoms. The number of carbonyl (C=O) groups excluding carboxylic acids is 1. The molecule has 0 bridgehead atoms. The van der Waals surface area contributed by atoms with E-state index in [2.05, 4.69) is 12.2 Å². The van der Waals surface area contributed by atoms with Gasteiger partial charge < -0.3 is 11.1 Å². The molecule has 0 saturated carbocycles. The molecule has 1 amide bonds. The molecule has 0 aliphatic rings. The van der Waals surface area contributed by atoms with Gasteiger partial charge in [0.15, 0.2) is 0 Å². The molecule has 0 heterocycles. The highest BCUT2D eigenvalue weighted by molar-refractivity contribution is 5.80. The Kier molecular flexibility index (Phi) is 4.40. The highest BCUT2D eigenvalue weighted by Gasteiger charge is 2.25. The second-order valence-electron chi connectivity index (χ2n) is 4.66. The number of nitrogens with two attached hydrogens (primary N) is 1. The van der Waals surface area contributed by atoms with Gasteiger partial charge in [0.1, 0.15) is 0 Å². The van der Waals surface area contributed by atoms with Crippen LogP contribution >= 0.6 is 0 Å². The molecule has 13 heavy (non-hydrogen) atoms. The summed E-state index contributed by atoms with van der Waals surface area (Å²) in [6.07, 6.45) is 0.955. The maximum Gasteiger partial charge on any atom is 0.234 e. The number of amides is 1. The van der Waals surface area contributed by atoms with Gasteiger partial charge in [-0.25, -0.2) is 0 Å². The first-order valence-corrected chi connectivity index (χ1v) is 4.85. The molecular weight excluding hydrogens is 164 g/mol. The Hall–Kier alpha value is -0.570. The fraction of sp³-hybridized carbons (Fsp3) is 0.900. The minimum absolute atomic E-state index is 0.0663. The molecule has 3 heteroatoms. The third kappa shape index (κ3) is 4.88. The van der Waals surface area contributed by atoms with Gasteiger partial charge in [-0.2, -0.15) is 0 Å². The lowest BCUT2D eigenvalue weighted by molar-refractivity contribution is -0.121. The molecule has 0 aromatic heterocycles. The predicted octanol–water partition coefficient (Wildman–Crippen LogP) is 1.27. The average Bonchev–Trinajstić information content (AvgIpc) is 1.96. The van der Waals surface area contributed by atoms with Crippen LogP contribution in [0, 0.1) is 5.92 Å². The van der Waals surface area contributed by atoms with Crippen LogP contribution in [0.3, 0.4) is 0 Å². The van der Waals surface area contributed by atoms with Gasteiger partial charge >= 0.3 is 0 Å². The van der Waals surface area contributed by atoms with Crippen LogP contribution in [0.5, 0.6) is 0 Å². The highest BCUT2D eigenvalue weighted by Crippen LogP contribution is 2.11. The number of nitrogens with one attached hydrogen (secondary N) is 1. The Morgan fingerprint density at radius 1 is 1.46 bits per heavy atom. The predicted molar refractivity (Wildman–Crippen MR) is 55.3 cm³/mol. The Bertz CT molecular complexity index is 172. The fourth-order valence-electron chi connectivity index (χ4n) is 1.20. The van der Waals surface area contributed by atoms with Crippen LogP contribution in [0.15, 0.2) is 0 Å². The van der Waals surface area contributed by atoms with Crippen LogP contribution in [0.2, 0.25) is 0 Å². The van der Waals surface area contributed by atoms with Crippen molar-refractivity contribution in [2.75, 3.05) is 0 Å². The van der Waals surface area contributed by atoms with Crippen molar-refractivity contribution in [3.8, 4) is 0 Å². The molecule has 0 aromatic carbocycles. The first kappa shape index (κ1) is 12.4. The third-order valence-corrected chi connectivity index (χ3v) is 2.11. The minimum atomic E-state index is -0.260. The van der Waals surface area contributed by atoms with Crippen molar-refractivity contribution in [1.82, 2.24) is 5.32 Å². The van der Waals surface area contributed by atoms with Gasteiger partial charge in [0, 0.05) is 5.54 Å². The summed E-state index contributed by atoms with van der Waals surface area (Å²) in [5.74, 6) is 0.0287. The molecule has 3 nitrogen and oxygen atoms in total. The van der Waals surface area contributed by atoms with Crippen LogP contribution in [-0.2, 0) is 4.79 Å². The normalized spacial score (nSPS) is 16.7. The average molecular weight is 186 g/mol. The quantitative estimate of drug-likeness (QED) is 0.694. The molecule has 0 aliphatic carbocycles. The van der Waals surface area contributed by atoms with Crippen LogP contribution < -0.4 is 11.1 Å². The molecular formula is C10H22N2O. The van der Waals surface area contributed by atoms with Crippen molar-refractivity contribution >= 4 is 5.91 Å². The van der Waals surface area contributed by atoms with Gasteiger partial charge in [0.25, 0.3) is 0 Å². The smallest absolute Gasteiger partial charge is 0.234 e. The summed E-state index contributed by atoms with van der Waals surface area (Å²) in [5.41, 5.74) is 5.25. The van der Waals surface area contributed by atoms with Crippen LogP contribution in [0.25, 0.3) is 0 Å². The molecule has 0 rings (SSSR count). The van der Waals surface area contributed by atoms with Gasteiger partial charge in [0.05, 0.1) is 6.04 Å². The Morgan fingerprint density at radius 2 is 1.92 bits per heavy atom. The molecule has 0 saturated heterocycles. The number of hydrogen-bond acceptors (Lipinski definition) is 2. The van der Waals surface area contributed by atoms with Gasteiger partial charge in [-0.3, -0.25) is 4.79 Å². The van der Waals surface area contributed by atoms with Crippen molar-refractivity contribution in [2.24, 2.45) is 11.7 Å². The number of hydrogen-bond donors (Lipinski definition) is 2. The molecule has 2 atom stereocenters. The summed E-state index contributed by atoms with van der Waals surface area (Å²) >= 11 is 0. The first-order chi connectivity index (χ1) is 5.78. The summed E-state index contributed by atoms with van der Waals surface area (Å²) in [4.78, 5) is 11.1. The van der Waals surface area contributed by atoms with E-state index in [1.807, 2.05) is 27.7 Å². The van der Waals surface area contributed by atoms with Crippen molar-refractivity contribution in [2.45, 2.75) is 52.6 Å². The van der Waals surface area contributed by atoms with E-state index in [4.69, 9.17) is 5.73 Å². The van der Waals surface area contributed by atoms with E-state index in [9.17, 15) is 4.79 Å². The molecule has 0 aromatic rings. The summed E-state index contributed by atoms with van der Waals surface area (Å²) < 4.78 is 0. The van der Waals surface area contributed by atoms with Crippen molar-refractivity contribution in [1.29, 1.82) is 0 Å². The van der Waals surface area contributed by atoms with Crippen molar-refractivity contribution in [3.05, 3.63) is 0 Å². The van der Waals surface area contributed by atoms with Crippen LogP contribution in [0.4, 0.5) is 0 Å². The van der Waals surface area contributed by atoms with Gasteiger partial charge in [-0.1, -0.05) is 20.3 Å². The van der Waals surface area contributed by atoms with Crippen LogP contribution in [-0.4, -0.2) is 17.5 Å². The van der Waals surface area contributed by atoms with E-state index >= 15 is 0 Å². The second-order valence-corrected chi connectivity index (χ2v) is 4.66. The van der Waals surface area contributed by atoms with Gasteiger partial charge in [-0.05, 0) is 26.7 Å². The molecule has 0 radical (unpaired) electrons. The number of rotatable bonds is 4.